The van der Waals surface area contributed by atoms with E-state index in [-0.39, 0.29) is 0 Å². The van der Waals surface area contributed by atoms with Crippen LogP contribution in [-0.4, -0.2) is 11.2 Å². The van der Waals surface area contributed by atoms with Gasteiger partial charge in [0.05, 0.1) is 17.6 Å². The minimum Gasteiger partial charge on any atom is -0.391 e. The Hall–Kier alpha value is -0.550. The van der Waals surface area contributed by atoms with Crippen LogP contribution in [0.25, 0.3) is 0 Å². The van der Waals surface area contributed by atoms with Gasteiger partial charge in [0.15, 0.2) is 0 Å². The summed E-state index contributed by atoms with van der Waals surface area (Å²) < 4.78 is 0. The zero-order valence-corrected chi connectivity index (χ0v) is 13.5. The van der Waals surface area contributed by atoms with Gasteiger partial charge in [0.25, 0.3) is 0 Å². The minimum absolute atomic E-state index is 0.331. The van der Waals surface area contributed by atoms with Crippen LogP contribution < -0.4 is 0 Å². The Labute approximate surface area is 124 Å². The average Bonchev–Trinajstić information content (AvgIpc) is 2.46. The minimum atomic E-state index is -0.455. The molecular formula is C18H31NO. The molecule has 2 rings (SSSR count). The molecule has 1 unspecified atom stereocenters. The first-order chi connectivity index (χ1) is 9.39. The van der Waals surface area contributed by atoms with Crippen LogP contribution in [0, 0.1) is 34.0 Å². The van der Waals surface area contributed by atoms with Crippen molar-refractivity contribution in [3.63, 3.8) is 0 Å². The number of hydrogen-bond acceptors (Lipinski definition) is 2. The molecule has 0 aliphatic heterocycles. The van der Waals surface area contributed by atoms with Gasteiger partial charge >= 0.3 is 0 Å². The highest BCUT2D eigenvalue weighted by atomic mass is 16.3. The Kier molecular flexibility index (Phi) is 4.80. The summed E-state index contributed by atoms with van der Waals surface area (Å²) in [6.45, 7) is 6.90. The lowest BCUT2D eigenvalue weighted by Gasteiger charge is -2.45. The average molecular weight is 277 g/mol. The summed E-state index contributed by atoms with van der Waals surface area (Å²) in [4.78, 5) is 0. The summed E-state index contributed by atoms with van der Waals surface area (Å²) >= 11 is 0. The molecule has 1 atom stereocenters. The largest absolute Gasteiger partial charge is 0.391 e. The third kappa shape index (κ3) is 3.19. The summed E-state index contributed by atoms with van der Waals surface area (Å²) in [5.41, 5.74) is -0.124. The molecule has 1 N–H and O–H groups in total. The fraction of sp³-hybridized carbons (Fsp3) is 0.944. The highest BCUT2D eigenvalue weighted by Crippen LogP contribution is 2.49. The van der Waals surface area contributed by atoms with Gasteiger partial charge in [-0.15, -0.1) is 0 Å². The van der Waals surface area contributed by atoms with Gasteiger partial charge in [-0.1, -0.05) is 40.0 Å². The molecule has 114 valence electrons. The molecule has 0 heterocycles. The number of rotatable bonds is 2. The van der Waals surface area contributed by atoms with E-state index in [0.717, 1.165) is 38.5 Å². The molecule has 0 aromatic rings. The Morgan fingerprint density at radius 1 is 1.05 bits per heavy atom. The first-order valence-corrected chi connectivity index (χ1v) is 8.48. The lowest BCUT2D eigenvalue weighted by molar-refractivity contribution is -0.0349. The van der Waals surface area contributed by atoms with Crippen molar-refractivity contribution in [2.45, 2.75) is 84.7 Å². The molecule has 0 spiro atoms. The van der Waals surface area contributed by atoms with Gasteiger partial charge in [0.2, 0.25) is 0 Å². The molecule has 2 saturated carbocycles. The first-order valence-electron chi connectivity index (χ1n) is 8.48. The molecule has 2 fully saturated rings. The van der Waals surface area contributed by atoms with E-state index in [4.69, 9.17) is 0 Å². The van der Waals surface area contributed by atoms with Crippen molar-refractivity contribution in [2.75, 3.05) is 0 Å². The molecule has 2 heteroatoms. The van der Waals surface area contributed by atoms with Crippen molar-refractivity contribution in [3.8, 4) is 6.07 Å². The zero-order chi connectivity index (χ0) is 14.8. The monoisotopic (exact) mass is 277 g/mol. The number of hydrogen-bond donors (Lipinski definition) is 1. The predicted octanol–water partition coefficient (Wildman–Crippen LogP) is 4.67. The maximum absolute atomic E-state index is 10.8. The highest BCUT2D eigenvalue weighted by Gasteiger charge is 2.46. The molecule has 0 aromatic heterocycles. The second-order valence-electron chi connectivity index (χ2n) is 8.25. The molecule has 0 bridgehead atoms. The van der Waals surface area contributed by atoms with Gasteiger partial charge in [-0.2, -0.15) is 5.26 Å². The summed E-state index contributed by atoms with van der Waals surface area (Å²) in [6.07, 6.45) is 9.58. The van der Waals surface area contributed by atoms with Crippen LogP contribution in [-0.2, 0) is 0 Å². The quantitative estimate of drug-likeness (QED) is 0.797. The van der Waals surface area contributed by atoms with Crippen LogP contribution in [0.4, 0.5) is 0 Å². The van der Waals surface area contributed by atoms with Crippen molar-refractivity contribution < 1.29 is 5.11 Å². The van der Waals surface area contributed by atoms with Crippen molar-refractivity contribution >= 4 is 0 Å². The smallest absolute Gasteiger partial charge is 0.0835 e. The molecule has 2 nitrogen and oxygen atoms in total. The van der Waals surface area contributed by atoms with Crippen LogP contribution >= 0.6 is 0 Å². The van der Waals surface area contributed by atoms with E-state index in [1.807, 2.05) is 0 Å². The van der Waals surface area contributed by atoms with E-state index >= 15 is 0 Å². The van der Waals surface area contributed by atoms with Crippen LogP contribution in [0.2, 0.25) is 0 Å². The van der Waals surface area contributed by atoms with Gasteiger partial charge in [-0.3, -0.25) is 0 Å². The summed E-state index contributed by atoms with van der Waals surface area (Å²) in [5.74, 6) is 1.07. The molecule has 0 aromatic carbocycles. The molecule has 20 heavy (non-hydrogen) atoms. The van der Waals surface area contributed by atoms with Crippen LogP contribution in [0.5, 0.6) is 0 Å². The standard InChI is InChI=1S/C18H31NO/c1-17(2,3)15-9-11-18(13-19,12-10-15)16(20)14-7-5-4-6-8-14/h14-16,20H,4-12H2,1-3H3. The first kappa shape index (κ1) is 15.8. The Morgan fingerprint density at radius 2 is 1.60 bits per heavy atom. The lowest BCUT2D eigenvalue weighted by Crippen LogP contribution is -2.44. The van der Waals surface area contributed by atoms with Crippen LogP contribution in [0.3, 0.4) is 0 Å². The van der Waals surface area contributed by atoms with Crippen molar-refractivity contribution in [2.24, 2.45) is 22.7 Å². The lowest BCUT2D eigenvalue weighted by atomic mass is 9.60. The molecular weight excluding hydrogens is 246 g/mol. The topological polar surface area (TPSA) is 44.0 Å². The number of nitriles is 1. The van der Waals surface area contributed by atoms with E-state index < -0.39 is 11.5 Å². The third-order valence-corrected chi connectivity index (χ3v) is 5.99. The van der Waals surface area contributed by atoms with E-state index in [9.17, 15) is 10.4 Å². The molecule has 0 saturated heterocycles. The third-order valence-electron chi connectivity index (χ3n) is 5.99. The highest BCUT2D eigenvalue weighted by molar-refractivity contribution is 5.08. The van der Waals surface area contributed by atoms with Crippen molar-refractivity contribution in [3.05, 3.63) is 0 Å². The van der Waals surface area contributed by atoms with E-state index in [0.29, 0.717) is 17.3 Å². The fourth-order valence-corrected chi connectivity index (χ4v) is 4.37. The zero-order valence-electron chi connectivity index (χ0n) is 13.5. The predicted molar refractivity (Wildman–Crippen MR) is 82.0 cm³/mol. The maximum Gasteiger partial charge on any atom is 0.0835 e. The molecule has 0 radical (unpaired) electrons. The molecule has 2 aliphatic carbocycles. The Bertz CT molecular complexity index is 349. The summed E-state index contributed by atoms with van der Waals surface area (Å²) in [6, 6.07) is 2.54. The van der Waals surface area contributed by atoms with Crippen molar-refractivity contribution in [1.29, 1.82) is 5.26 Å². The van der Waals surface area contributed by atoms with Gasteiger partial charge in [-0.25, -0.2) is 0 Å². The van der Waals surface area contributed by atoms with Crippen molar-refractivity contribution in [1.82, 2.24) is 0 Å². The van der Waals surface area contributed by atoms with E-state index in [1.165, 1.54) is 19.3 Å². The van der Waals surface area contributed by atoms with Gasteiger partial charge in [0.1, 0.15) is 0 Å². The number of aliphatic hydroxyl groups is 1. The Balaban J connectivity index is 2.03. The van der Waals surface area contributed by atoms with Gasteiger partial charge < -0.3 is 5.11 Å². The SMILES string of the molecule is CC(C)(C)C1CCC(C#N)(C(O)C2CCCCC2)CC1. The number of aliphatic hydroxyl groups excluding tert-OH is 1. The normalized spacial score (nSPS) is 34.5. The maximum atomic E-state index is 10.8. The van der Waals surface area contributed by atoms with Crippen LogP contribution in [0.1, 0.15) is 78.6 Å². The second kappa shape index (κ2) is 6.06. The molecule has 2 aliphatic rings. The van der Waals surface area contributed by atoms with Gasteiger partial charge in [-0.05, 0) is 55.8 Å². The second-order valence-corrected chi connectivity index (χ2v) is 8.25. The Morgan fingerprint density at radius 3 is 2.05 bits per heavy atom. The fourth-order valence-electron chi connectivity index (χ4n) is 4.37. The molecule has 0 amide bonds. The van der Waals surface area contributed by atoms with E-state index in [1.54, 1.807) is 0 Å². The number of nitrogens with zero attached hydrogens (tertiary/aromatic N) is 1. The van der Waals surface area contributed by atoms with Gasteiger partial charge in [0, 0.05) is 0 Å². The summed E-state index contributed by atoms with van der Waals surface area (Å²) in [5, 5.41) is 20.5. The summed E-state index contributed by atoms with van der Waals surface area (Å²) in [7, 11) is 0. The van der Waals surface area contributed by atoms with E-state index in [2.05, 4.69) is 26.8 Å². The van der Waals surface area contributed by atoms with Crippen LogP contribution in [0.15, 0.2) is 0 Å².